The zero-order valence-electron chi connectivity index (χ0n) is 11.3. The molecule has 0 saturated carbocycles. The summed E-state index contributed by atoms with van der Waals surface area (Å²) in [6.07, 6.45) is 0. The Labute approximate surface area is 135 Å². The summed E-state index contributed by atoms with van der Waals surface area (Å²) in [5, 5.41) is 10.8. The number of halogens is 1. The van der Waals surface area contributed by atoms with E-state index in [1.54, 1.807) is 12.1 Å². The molecule has 0 aromatic heterocycles. The highest BCUT2D eigenvalue weighted by Gasteiger charge is 2.21. The molecule has 0 heterocycles. The number of hydrogen-bond acceptors (Lipinski definition) is 5. The van der Waals surface area contributed by atoms with Gasteiger partial charge < -0.3 is 4.74 Å². The largest absolute Gasteiger partial charge is 0.497 e. The van der Waals surface area contributed by atoms with Gasteiger partial charge in [-0.2, -0.15) is 0 Å². The van der Waals surface area contributed by atoms with Crippen molar-refractivity contribution in [2.45, 2.75) is 4.90 Å². The molecular formula is C13H11BrN2O5S. The number of anilines is 1. The van der Waals surface area contributed by atoms with Crippen LogP contribution in [0.4, 0.5) is 11.4 Å². The average Bonchev–Trinajstić information content (AvgIpc) is 2.47. The van der Waals surface area contributed by atoms with Crippen LogP contribution in [0.15, 0.2) is 51.8 Å². The fourth-order valence-corrected chi connectivity index (χ4v) is 3.72. The van der Waals surface area contributed by atoms with Gasteiger partial charge in [0.25, 0.3) is 15.7 Å². The van der Waals surface area contributed by atoms with Gasteiger partial charge in [-0.25, -0.2) is 8.42 Å². The van der Waals surface area contributed by atoms with E-state index in [4.69, 9.17) is 4.74 Å². The Morgan fingerprint density at radius 3 is 2.36 bits per heavy atom. The lowest BCUT2D eigenvalue weighted by Gasteiger charge is -2.10. The van der Waals surface area contributed by atoms with Crippen molar-refractivity contribution in [2.24, 2.45) is 0 Å². The highest BCUT2D eigenvalue weighted by Crippen LogP contribution is 2.28. The quantitative estimate of drug-likeness (QED) is 0.628. The molecule has 0 aliphatic rings. The monoisotopic (exact) mass is 386 g/mol. The predicted octanol–water partition coefficient (Wildman–Crippen LogP) is 3.17. The third-order valence-corrected chi connectivity index (χ3v) is 5.13. The van der Waals surface area contributed by atoms with Gasteiger partial charge in [0.1, 0.15) is 10.6 Å². The number of non-ortho nitro benzene ring substituents is 1. The third-order valence-electron chi connectivity index (χ3n) is 2.76. The molecule has 0 spiro atoms. The number of nitro benzene ring substituents is 1. The summed E-state index contributed by atoms with van der Waals surface area (Å²) in [5.74, 6) is 0.583. The number of methoxy groups -OCH3 is 1. The Morgan fingerprint density at radius 1 is 1.18 bits per heavy atom. The van der Waals surface area contributed by atoms with Crippen LogP contribution in [0, 0.1) is 10.1 Å². The van der Waals surface area contributed by atoms with E-state index in [1.807, 2.05) is 0 Å². The minimum absolute atomic E-state index is 0.211. The molecule has 2 rings (SSSR count). The van der Waals surface area contributed by atoms with Crippen LogP contribution in [0.25, 0.3) is 0 Å². The zero-order chi connectivity index (χ0) is 16.3. The van der Waals surface area contributed by atoms with Crippen molar-refractivity contribution in [2.75, 3.05) is 11.8 Å². The van der Waals surface area contributed by atoms with Crippen molar-refractivity contribution in [3.05, 3.63) is 57.1 Å². The lowest BCUT2D eigenvalue weighted by Crippen LogP contribution is -2.13. The molecule has 2 aromatic rings. The maximum absolute atomic E-state index is 12.4. The first-order chi connectivity index (χ1) is 10.3. The maximum Gasteiger partial charge on any atom is 0.270 e. The summed E-state index contributed by atoms with van der Waals surface area (Å²) >= 11 is 3.09. The van der Waals surface area contributed by atoms with Crippen LogP contribution in [0.5, 0.6) is 5.75 Å². The first-order valence-electron chi connectivity index (χ1n) is 5.94. The number of benzene rings is 2. The number of nitrogens with one attached hydrogen (secondary N) is 1. The second-order valence-electron chi connectivity index (χ2n) is 4.21. The van der Waals surface area contributed by atoms with Crippen molar-refractivity contribution >= 4 is 37.3 Å². The lowest BCUT2D eigenvalue weighted by molar-refractivity contribution is -0.385. The Bertz CT molecular complexity index is 806. The molecule has 0 fully saturated rings. The molecule has 0 radical (unpaired) electrons. The van der Waals surface area contributed by atoms with E-state index in [0.717, 1.165) is 6.07 Å². The average molecular weight is 387 g/mol. The SMILES string of the molecule is COc1ccc(NS(=O)(=O)c2cc([N+](=O)[O-])ccc2Br)cc1. The smallest absolute Gasteiger partial charge is 0.270 e. The Hall–Kier alpha value is -2.13. The lowest BCUT2D eigenvalue weighted by atomic mass is 10.3. The van der Waals surface area contributed by atoms with E-state index in [0.29, 0.717) is 11.4 Å². The van der Waals surface area contributed by atoms with Gasteiger partial charge in [-0.1, -0.05) is 0 Å². The van der Waals surface area contributed by atoms with Gasteiger partial charge in [0.2, 0.25) is 0 Å². The first-order valence-corrected chi connectivity index (χ1v) is 8.22. The van der Waals surface area contributed by atoms with Crippen molar-refractivity contribution in [3.8, 4) is 5.75 Å². The van der Waals surface area contributed by atoms with Crippen LogP contribution in [0.3, 0.4) is 0 Å². The van der Waals surface area contributed by atoms with Crippen LogP contribution < -0.4 is 9.46 Å². The van der Waals surface area contributed by atoms with Crippen molar-refractivity contribution in [1.29, 1.82) is 0 Å². The van der Waals surface area contributed by atoms with Gasteiger partial charge in [-0.3, -0.25) is 14.8 Å². The number of ether oxygens (including phenoxy) is 1. The van der Waals surface area contributed by atoms with Crippen LogP contribution in [-0.4, -0.2) is 20.5 Å². The standard InChI is InChI=1S/C13H11BrN2O5S/c1-21-11-5-2-9(3-6-11)15-22(19,20)13-8-10(16(17)18)4-7-12(13)14/h2-8,15H,1H3. The van der Waals surface area contributed by atoms with E-state index in [2.05, 4.69) is 20.7 Å². The Balaban J connectivity index is 2.37. The minimum Gasteiger partial charge on any atom is -0.497 e. The fraction of sp³-hybridized carbons (Fsp3) is 0.0769. The summed E-state index contributed by atoms with van der Waals surface area (Å²) in [6.45, 7) is 0. The molecular weight excluding hydrogens is 376 g/mol. The van der Waals surface area contributed by atoms with Crippen LogP contribution >= 0.6 is 15.9 Å². The molecule has 0 atom stereocenters. The summed E-state index contributed by atoms with van der Waals surface area (Å²) in [5.41, 5.74) is 0.0116. The molecule has 7 nitrogen and oxygen atoms in total. The normalized spacial score (nSPS) is 11.0. The van der Waals surface area contributed by atoms with Gasteiger partial charge in [0.15, 0.2) is 0 Å². The number of hydrogen-bond donors (Lipinski definition) is 1. The molecule has 0 amide bonds. The number of nitrogens with zero attached hydrogens (tertiary/aromatic N) is 1. The second-order valence-corrected chi connectivity index (χ2v) is 6.71. The number of sulfonamides is 1. The molecule has 22 heavy (non-hydrogen) atoms. The van der Waals surface area contributed by atoms with Crippen LogP contribution in [0.2, 0.25) is 0 Å². The molecule has 2 aromatic carbocycles. The van der Waals surface area contributed by atoms with Gasteiger partial charge in [0.05, 0.1) is 12.0 Å². The Kier molecular flexibility index (Phi) is 4.67. The molecule has 0 saturated heterocycles. The van der Waals surface area contributed by atoms with Crippen LogP contribution in [0.1, 0.15) is 0 Å². The minimum atomic E-state index is -3.96. The molecule has 1 N–H and O–H groups in total. The van der Waals surface area contributed by atoms with Gasteiger partial charge in [-0.15, -0.1) is 0 Å². The first kappa shape index (κ1) is 16.2. The second kappa shape index (κ2) is 6.32. The zero-order valence-corrected chi connectivity index (χ0v) is 13.7. The maximum atomic E-state index is 12.4. The molecule has 0 aliphatic heterocycles. The summed E-state index contributed by atoms with van der Waals surface area (Å²) in [7, 11) is -2.46. The predicted molar refractivity (Wildman–Crippen MR) is 84.6 cm³/mol. The van der Waals surface area contributed by atoms with Gasteiger partial charge in [0, 0.05) is 22.3 Å². The molecule has 9 heteroatoms. The van der Waals surface area contributed by atoms with E-state index < -0.39 is 14.9 Å². The summed E-state index contributed by atoms with van der Waals surface area (Å²) in [4.78, 5) is 9.92. The highest BCUT2D eigenvalue weighted by molar-refractivity contribution is 9.10. The number of nitro groups is 1. The molecule has 0 bridgehead atoms. The highest BCUT2D eigenvalue weighted by atomic mass is 79.9. The van der Waals surface area contributed by atoms with E-state index in [-0.39, 0.29) is 15.1 Å². The van der Waals surface area contributed by atoms with E-state index in [9.17, 15) is 18.5 Å². The molecule has 116 valence electrons. The van der Waals surface area contributed by atoms with Crippen molar-refractivity contribution in [3.63, 3.8) is 0 Å². The topological polar surface area (TPSA) is 98.5 Å². The molecule has 0 unspecified atom stereocenters. The fourth-order valence-electron chi connectivity index (χ4n) is 1.68. The van der Waals surface area contributed by atoms with Crippen molar-refractivity contribution < 1.29 is 18.1 Å². The van der Waals surface area contributed by atoms with E-state index >= 15 is 0 Å². The van der Waals surface area contributed by atoms with Gasteiger partial charge in [-0.05, 0) is 46.3 Å². The summed E-state index contributed by atoms with van der Waals surface area (Å²) < 4.78 is 32.3. The van der Waals surface area contributed by atoms with Crippen LogP contribution in [-0.2, 0) is 10.0 Å². The van der Waals surface area contributed by atoms with Gasteiger partial charge >= 0.3 is 0 Å². The van der Waals surface area contributed by atoms with Crippen molar-refractivity contribution in [1.82, 2.24) is 0 Å². The molecule has 0 aliphatic carbocycles. The number of rotatable bonds is 5. The Morgan fingerprint density at radius 2 is 1.82 bits per heavy atom. The third kappa shape index (κ3) is 3.55. The summed E-state index contributed by atoms with van der Waals surface area (Å²) in [6, 6.07) is 9.79. The van der Waals surface area contributed by atoms with E-state index in [1.165, 1.54) is 31.4 Å².